The zero-order chi connectivity index (χ0) is 19.6. The molecule has 7 heteroatoms. The zero-order valence-electron chi connectivity index (χ0n) is 15.4. The van der Waals surface area contributed by atoms with Gasteiger partial charge in [-0.15, -0.1) is 0 Å². The maximum Gasteiger partial charge on any atom is 0.252 e. The van der Waals surface area contributed by atoms with Crippen LogP contribution in [0.15, 0.2) is 46.9 Å². The fraction of sp³-hybridized carbons (Fsp3) is 0.300. The van der Waals surface area contributed by atoms with E-state index in [9.17, 15) is 9.59 Å². The molecule has 2 rings (SSSR count). The van der Waals surface area contributed by atoms with Crippen LogP contribution < -0.4 is 20.1 Å². The van der Waals surface area contributed by atoms with Gasteiger partial charge < -0.3 is 20.1 Å². The van der Waals surface area contributed by atoms with Crippen molar-refractivity contribution in [3.63, 3.8) is 0 Å². The molecule has 144 valence electrons. The van der Waals surface area contributed by atoms with Gasteiger partial charge in [-0.05, 0) is 52.2 Å². The van der Waals surface area contributed by atoms with Crippen molar-refractivity contribution in [1.29, 1.82) is 0 Å². The molecule has 2 N–H and O–H groups in total. The second kappa shape index (κ2) is 10.6. The highest BCUT2D eigenvalue weighted by Crippen LogP contribution is 2.27. The van der Waals surface area contributed by atoms with E-state index in [1.165, 1.54) is 0 Å². The number of ether oxygens (including phenoxy) is 2. The number of hydrogen-bond donors (Lipinski definition) is 2. The summed E-state index contributed by atoms with van der Waals surface area (Å²) in [7, 11) is 3.16. The van der Waals surface area contributed by atoms with Gasteiger partial charge in [-0.25, -0.2) is 0 Å². The molecule has 0 aliphatic rings. The molecule has 0 saturated carbocycles. The Hall–Kier alpha value is -2.54. The Labute approximate surface area is 167 Å². The molecular formula is C20H23BrN2O4. The smallest absolute Gasteiger partial charge is 0.252 e. The van der Waals surface area contributed by atoms with Crippen LogP contribution in [0, 0.1) is 0 Å². The number of benzene rings is 2. The van der Waals surface area contributed by atoms with Gasteiger partial charge in [-0.3, -0.25) is 9.59 Å². The monoisotopic (exact) mass is 434 g/mol. The number of nitrogens with one attached hydrogen (secondary N) is 2. The third kappa shape index (κ3) is 6.29. The van der Waals surface area contributed by atoms with Crippen LogP contribution in [0.3, 0.4) is 0 Å². The minimum atomic E-state index is -0.179. The standard InChI is InChI=1S/C20H23BrN2O4/c1-26-17-9-7-14(13-18(17)27-2)8-10-19(24)22-11-12-23-20(25)15-5-3-4-6-16(15)21/h3-7,9,13H,8,10-12H2,1-2H3,(H,22,24)(H,23,25). The van der Waals surface area contributed by atoms with E-state index < -0.39 is 0 Å². The van der Waals surface area contributed by atoms with Crippen LogP contribution in [-0.2, 0) is 11.2 Å². The molecule has 2 aromatic carbocycles. The van der Waals surface area contributed by atoms with Gasteiger partial charge in [0.2, 0.25) is 5.91 Å². The molecule has 2 amide bonds. The van der Waals surface area contributed by atoms with Crippen molar-refractivity contribution in [2.24, 2.45) is 0 Å². The van der Waals surface area contributed by atoms with Gasteiger partial charge in [-0.1, -0.05) is 18.2 Å². The lowest BCUT2D eigenvalue weighted by Gasteiger charge is -2.10. The van der Waals surface area contributed by atoms with Crippen LogP contribution >= 0.6 is 15.9 Å². The first-order chi connectivity index (χ1) is 13.0. The molecule has 0 unspecified atom stereocenters. The molecule has 27 heavy (non-hydrogen) atoms. The Morgan fingerprint density at radius 1 is 0.963 bits per heavy atom. The van der Waals surface area contributed by atoms with Crippen molar-refractivity contribution in [3.8, 4) is 11.5 Å². The molecule has 0 fully saturated rings. The van der Waals surface area contributed by atoms with Crippen LogP contribution in [-0.4, -0.2) is 39.1 Å². The topological polar surface area (TPSA) is 76.7 Å². The van der Waals surface area contributed by atoms with Crippen molar-refractivity contribution in [3.05, 3.63) is 58.1 Å². The van der Waals surface area contributed by atoms with Crippen LogP contribution in [0.1, 0.15) is 22.3 Å². The molecule has 0 aliphatic heterocycles. The highest BCUT2D eigenvalue weighted by Gasteiger charge is 2.09. The lowest BCUT2D eigenvalue weighted by atomic mass is 10.1. The minimum Gasteiger partial charge on any atom is -0.493 e. The summed E-state index contributed by atoms with van der Waals surface area (Å²) in [5.74, 6) is 1.05. The van der Waals surface area contributed by atoms with Crippen molar-refractivity contribution >= 4 is 27.7 Å². The normalized spacial score (nSPS) is 10.2. The summed E-state index contributed by atoms with van der Waals surface area (Å²) in [6, 6.07) is 12.8. The quantitative estimate of drug-likeness (QED) is 0.594. The molecule has 0 bridgehead atoms. The predicted octanol–water partition coefficient (Wildman–Crippen LogP) is 2.95. The summed E-state index contributed by atoms with van der Waals surface area (Å²) >= 11 is 3.34. The molecule has 0 heterocycles. The van der Waals surface area contributed by atoms with Crippen LogP contribution in [0.4, 0.5) is 0 Å². The Morgan fingerprint density at radius 3 is 2.37 bits per heavy atom. The van der Waals surface area contributed by atoms with E-state index in [4.69, 9.17) is 9.47 Å². The number of carbonyl (C=O) groups excluding carboxylic acids is 2. The molecule has 0 spiro atoms. The lowest BCUT2D eigenvalue weighted by Crippen LogP contribution is -2.34. The van der Waals surface area contributed by atoms with E-state index in [0.717, 1.165) is 10.0 Å². The summed E-state index contributed by atoms with van der Waals surface area (Å²) in [5.41, 5.74) is 1.56. The predicted molar refractivity (Wildman–Crippen MR) is 107 cm³/mol. The van der Waals surface area contributed by atoms with Crippen LogP contribution in [0.25, 0.3) is 0 Å². The van der Waals surface area contributed by atoms with Crippen molar-refractivity contribution in [2.75, 3.05) is 27.3 Å². The first-order valence-corrected chi connectivity index (χ1v) is 9.34. The van der Waals surface area contributed by atoms with E-state index in [2.05, 4.69) is 26.6 Å². The fourth-order valence-corrected chi connectivity index (χ4v) is 2.97. The zero-order valence-corrected chi connectivity index (χ0v) is 17.0. The highest BCUT2D eigenvalue weighted by molar-refractivity contribution is 9.10. The van der Waals surface area contributed by atoms with Gasteiger partial charge in [0.15, 0.2) is 11.5 Å². The lowest BCUT2D eigenvalue weighted by molar-refractivity contribution is -0.121. The first kappa shape index (κ1) is 20.8. The molecule has 0 radical (unpaired) electrons. The number of halogens is 1. The summed E-state index contributed by atoms with van der Waals surface area (Å²) in [4.78, 5) is 24.0. The number of amides is 2. The molecule has 2 aromatic rings. The Bertz CT molecular complexity index is 795. The molecule has 0 aliphatic carbocycles. The van der Waals surface area contributed by atoms with Gasteiger partial charge in [0.25, 0.3) is 5.91 Å². The molecule has 0 aromatic heterocycles. The van der Waals surface area contributed by atoms with Gasteiger partial charge in [0, 0.05) is 24.0 Å². The summed E-state index contributed by atoms with van der Waals surface area (Å²) in [6.07, 6.45) is 0.948. The number of hydrogen-bond acceptors (Lipinski definition) is 4. The van der Waals surface area contributed by atoms with E-state index in [1.54, 1.807) is 26.4 Å². The average Bonchev–Trinajstić information content (AvgIpc) is 2.69. The van der Waals surface area contributed by atoms with E-state index in [1.807, 2.05) is 30.3 Å². The summed E-state index contributed by atoms with van der Waals surface area (Å²) < 4.78 is 11.2. The van der Waals surface area contributed by atoms with Gasteiger partial charge in [0.1, 0.15) is 0 Å². The third-order valence-electron chi connectivity index (χ3n) is 3.94. The molecule has 0 atom stereocenters. The summed E-state index contributed by atoms with van der Waals surface area (Å²) in [5, 5.41) is 5.59. The fourth-order valence-electron chi connectivity index (χ4n) is 2.50. The number of rotatable bonds is 9. The average molecular weight is 435 g/mol. The van der Waals surface area contributed by atoms with E-state index in [-0.39, 0.29) is 11.8 Å². The molecular weight excluding hydrogens is 412 g/mol. The van der Waals surface area contributed by atoms with Gasteiger partial charge >= 0.3 is 0 Å². The van der Waals surface area contributed by atoms with Crippen LogP contribution in [0.2, 0.25) is 0 Å². The van der Waals surface area contributed by atoms with Crippen molar-refractivity contribution < 1.29 is 19.1 Å². The number of aryl methyl sites for hydroxylation is 1. The minimum absolute atomic E-state index is 0.0695. The number of methoxy groups -OCH3 is 2. The Morgan fingerprint density at radius 2 is 1.67 bits per heavy atom. The molecule has 6 nitrogen and oxygen atoms in total. The third-order valence-corrected chi connectivity index (χ3v) is 4.63. The highest BCUT2D eigenvalue weighted by atomic mass is 79.9. The van der Waals surface area contributed by atoms with Crippen LogP contribution in [0.5, 0.6) is 11.5 Å². The van der Waals surface area contributed by atoms with E-state index >= 15 is 0 Å². The second-order valence-corrected chi connectivity index (χ2v) is 6.63. The van der Waals surface area contributed by atoms with Gasteiger partial charge in [-0.2, -0.15) is 0 Å². The second-order valence-electron chi connectivity index (χ2n) is 5.78. The summed E-state index contributed by atoms with van der Waals surface area (Å²) in [6.45, 7) is 0.739. The SMILES string of the molecule is COc1ccc(CCC(=O)NCCNC(=O)c2ccccc2Br)cc1OC. The Kier molecular flexibility index (Phi) is 8.13. The molecule has 0 saturated heterocycles. The maximum atomic E-state index is 12.1. The van der Waals surface area contributed by atoms with Crippen molar-refractivity contribution in [1.82, 2.24) is 10.6 Å². The first-order valence-electron chi connectivity index (χ1n) is 8.55. The number of carbonyl (C=O) groups is 2. The van der Waals surface area contributed by atoms with E-state index in [0.29, 0.717) is 43.0 Å². The Balaban J connectivity index is 1.71. The largest absolute Gasteiger partial charge is 0.493 e. The maximum absolute atomic E-state index is 12.1. The van der Waals surface area contributed by atoms with Gasteiger partial charge in [0.05, 0.1) is 19.8 Å². The van der Waals surface area contributed by atoms with Crippen molar-refractivity contribution in [2.45, 2.75) is 12.8 Å².